The molecule has 1 N–H and O–H groups in total. The van der Waals surface area contributed by atoms with Crippen molar-refractivity contribution < 1.29 is 0 Å². The van der Waals surface area contributed by atoms with Crippen molar-refractivity contribution in [1.29, 1.82) is 0 Å². The summed E-state index contributed by atoms with van der Waals surface area (Å²) in [5.74, 6) is 0. The number of unbranched alkanes of at least 4 members (excludes halogenated alkanes) is 12. The van der Waals surface area contributed by atoms with Gasteiger partial charge in [-0.05, 0) is 38.5 Å². The van der Waals surface area contributed by atoms with Crippen molar-refractivity contribution in [2.45, 2.75) is 110 Å². The summed E-state index contributed by atoms with van der Waals surface area (Å²) in [6, 6.07) is 0. The zero-order valence-corrected chi connectivity index (χ0v) is 16.0. The van der Waals surface area contributed by atoms with Crippen molar-refractivity contribution in [3.05, 3.63) is 12.2 Å². The van der Waals surface area contributed by atoms with Crippen LogP contribution in [0, 0.1) is 0 Å². The van der Waals surface area contributed by atoms with Gasteiger partial charge in [0.25, 0.3) is 0 Å². The Bertz CT molecular complexity index is 259. The summed E-state index contributed by atoms with van der Waals surface area (Å²) in [6.07, 6.45) is 26.9. The molecule has 0 atom stereocenters. The number of nitrogens with one attached hydrogen (secondary N) is 1. The quantitative estimate of drug-likeness (QED) is 0.125. The maximum atomic E-state index is 4.11. The van der Waals surface area contributed by atoms with Gasteiger partial charge < -0.3 is 5.43 Å². The molecule has 0 aliphatic carbocycles. The van der Waals surface area contributed by atoms with E-state index in [0.717, 1.165) is 13.0 Å². The molecule has 0 amide bonds. The highest BCUT2D eigenvalue weighted by Gasteiger charge is 1.91. The fourth-order valence-corrected chi connectivity index (χ4v) is 2.67. The standard InChI is InChI=1S/C21H42N2/c1-3-5-6-7-8-9-10-11-12-13-14-15-16-17-18-19-21-23-22-20-4-2/h11-12,20,23H,3-10,13-19,21H2,1-2H3/b12-11-,22-20?. The first-order chi connectivity index (χ1) is 11.4. The van der Waals surface area contributed by atoms with Crippen LogP contribution in [0.4, 0.5) is 0 Å². The molecular weight excluding hydrogens is 280 g/mol. The van der Waals surface area contributed by atoms with Gasteiger partial charge in [0.2, 0.25) is 0 Å². The van der Waals surface area contributed by atoms with E-state index in [1.807, 2.05) is 6.21 Å². The fraction of sp³-hybridized carbons (Fsp3) is 0.857. The molecule has 136 valence electrons. The monoisotopic (exact) mass is 322 g/mol. The lowest BCUT2D eigenvalue weighted by Gasteiger charge is -2.01. The minimum absolute atomic E-state index is 1.01. The van der Waals surface area contributed by atoms with Crippen molar-refractivity contribution in [3.63, 3.8) is 0 Å². The van der Waals surface area contributed by atoms with E-state index in [0.29, 0.717) is 0 Å². The number of rotatable bonds is 18. The number of nitrogens with zero attached hydrogens (tertiary/aromatic N) is 1. The molecule has 0 aromatic rings. The Balaban J connectivity index is 3.06. The SMILES string of the molecule is CCC=NNCCCCCCCC/C=C\CCCCCCCC. The highest BCUT2D eigenvalue weighted by Crippen LogP contribution is 2.09. The van der Waals surface area contributed by atoms with Crippen molar-refractivity contribution in [2.75, 3.05) is 6.54 Å². The van der Waals surface area contributed by atoms with E-state index < -0.39 is 0 Å². The molecule has 0 saturated heterocycles. The second-order valence-corrected chi connectivity index (χ2v) is 6.57. The van der Waals surface area contributed by atoms with Crippen LogP contribution in [0.2, 0.25) is 0 Å². The van der Waals surface area contributed by atoms with Crippen molar-refractivity contribution in [3.8, 4) is 0 Å². The first-order valence-corrected chi connectivity index (χ1v) is 10.3. The summed E-state index contributed by atoms with van der Waals surface area (Å²) in [7, 11) is 0. The first-order valence-electron chi connectivity index (χ1n) is 10.3. The Hall–Kier alpha value is -0.790. The topological polar surface area (TPSA) is 24.4 Å². The Labute approximate surface area is 146 Å². The Morgan fingerprint density at radius 1 is 0.652 bits per heavy atom. The smallest absolute Gasteiger partial charge is 0.0329 e. The van der Waals surface area contributed by atoms with E-state index in [2.05, 4.69) is 36.5 Å². The van der Waals surface area contributed by atoms with E-state index in [4.69, 9.17) is 0 Å². The summed E-state index contributed by atoms with van der Waals surface area (Å²) >= 11 is 0. The molecule has 0 aliphatic rings. The van der Waals surface area contributed by atoms with Crippen LogP contribution in [-0.4, -0.2) is 12.8 Å². The summed E-state index contributed by atoms with van der Waals surface area (Å²) in [6.45, 7) is 5.41. The highest BCUT2D eigenvalue weighted by molar-refractivity contribution is 5.55. The Kier molecular flexibility index (Phi) is 20.5. The van der Waals surface area contributed by atoms with Gasteiger partial charge in [0.05, 0.1) is 0 Å². The summed E-state index contributed by atoms with van der Waals surface area (Å²) in [5.41, 5.74) is 3.10. The minimum atomic E-state index is 1.01. The molecule has 0 radical (unpaired) electrons. The molecule has 0 saturated carbocycles. The third-order valence-corrected chi connectivity index (χ3v) is 4.17. The molecule has 0 heterocycles. The average molecular weight is 323 g/mol. The van der Waals surface area contributed by atoms with Crippen LogP contribution in [0.15, 0.2) is 17.3 Å². The van der Waals surface area contributed by atoms with Gasteiger partial charge in [0.1, 0.15) is 0 Å². The average Bonchev–Trinajstić information content (AvgIpc) is 2.57. The van der Waals surface area contributed by atoms with E-state index >= 15 is 0 Å². The molecule has 23 heavy (non-hydrogen) atoms. The van der Waals surface area contributed by atoms with Gasteiger partial charge in [-0.15, -0.1) is 0 Å². The molecule has 0 rings (SSSR count). The lowest BCUT2D eigenvalue weighted by Crippen LogP contribution is -2.07. The Morgan fingerprint density at radius 3 is 1.74 bits per heavy atom. The predicted octanol–water partition coefficient (Wildman–Crippen LogP) is 7.01. The molecule has 0 spiro atoms. The number of hydrogen-bond donors (Lipinski definition) is 1. The van der Waals surface area contributed by atoms with Crippen LogP contribution in [0.3, 0.4) is 0 Å². The van der Waals surface area contributed by atoms with E-state index in [9.17, 15) is 0 Å². The largest absolute Gasteiger partial charge is 0.310 e. The van der Waals surface area contributed by atoms with Crippen molar-refractivity contribution in [2.24, 2.45) is 5.10 Å². The van der Waals surface area contributed by atoms with Crippen LogP contribution in [0.1, 0.15) is 110 Å². The molecule has 0 aliphatic heterocycles. The van der Waals surface area contributed by atoms with Gasteiger partial charge in [-0.25, -0.2) is 0 Å². The third-order valence-electron chi connectivity index (χ3n) is 4.17. The minimum Gasteiger partial charge on any atom is -0.310 e. The summed E-state index contributed by atoms with van der Waals surface area (Å²) < 4.78 is 0. The maximum absolute atomic E-state index is 4.11. The van der Waals surface area contributed by atoms with E-state index in [1.165, 1.54) is 89.9 Å². The molecule has 0 bridgehead atoms. The number of hydrazone groups is 1. The lowest BCUT2D eigenvalue weighted by atomic mass is 10.1. The predicted molar refractivity (Wildman–Crippen MR) is 106 cm³/mol. The molecule has 0 aromatic carbocycles. The third kappa shape index (κ3) is 21.2. The van der Waals surface area contributed by atoms with Gasteiger partial charge in [-0.3, -0.25) is 0 Å². The number of allylic oxidation sites excluding steroid dienone is 2. The van der Waals surface area contributed by atoms with Gasteiger partial charge >= 0.3 is 0 Å². The van der Waals surface area contributed by atoms with Gasteiger partial charge in [-0.2, -0.15) is 5.10 Å². The van der Waals surface area contributed by atoms with Crippen molar-refractivity contribution in [1.82, 2.24) is 5.43 Å². The fourth-order valence-electron chi connectivity index (χ4n) is 2.67. The number of hydrogen-bond acceptors (Lipinski definition) is 2. The zero-order valence-electron chi connectivity index (χ0n) is 16.0. The van der Waals surface area contributed by atoms with Gasteiger partial charge in [0.15, 0.2) is 0 Å². The van der Waals surface area contributed by atoms with Crippen LogP contribution in [-0.2, 0) is 0 Å². The van der Waals surface area contributed by atoms with Crippen LogP contribution in [0.5, 0.6) is 0 Å². The van der Waals surface area contributed by atoms with E-state index in [1.54, 1.807) is 0 Å². The first kappa shape index (κ1) is 22.2. The van der Waals surface area contributed by atoms with Crippen LogP contribution >= 0.6 is 0 Å². The van der Waals surface area contributed by atoms with Gasteiger partial charge in [-0.1, -0.05) is 83.8 Å². The molecular formula is C21H42N2. The van der Waals surface area contributed by atoms with Gasteiger partial charge in [0, 0.05) is 12.8 Å². The summed E-state index contributed by atoms with van der Waals surface area (Å²) in [4.78, 5) is 0. The maximum Gasteiger partial charge on any atom is 0.0329 e. The lowest BCUT2D eigenvalue weighted by molar-refractivity contribution is 0.575. The normalized spacial score (nSPS) is 11.7. The van der Waals surface area contributed by atoms with Crippen LogP contribution < -0.4 is 5.43 Å². The Morgan fingerprint density at radius 2 is 1.17 bits per heavy atom. The summed E-state index contributed by atoms with van der Waals surface area (Å²) in [5, 5.41) is 4.11. The molecule has 2 nitrogen and oxygen atoms in total. The highest BCUT2D eigenvalue weighted by atomic mass is 15.3. The molecule has 2 heteroatoms. The van der Waals surface area contributed by atoms with Crippen LogP contribution in [0.25, 0.3) is 0 Å². The molecule has 0 fully saturated rings. The molecule has 0 aromatic heterocycles. The zero-order chi connectivity index (χ0) is 16.8. The van der Waals surface area contributed by atoms with Crippen molar-refractivity contribution >= 4 is 6.21 Å². The van der Waals surface area contributed by atoms with E-state index in [-0.39, 0.29) is 0 Å². The molecule has 0 unspecified atom stereocenters. The second-order valence-electron chi connectivity index (χ2n) is 6.57. The second kappa shape index (κ2) is 21.2.